The molecule has 3 rings (SSSR count). The van der Waals surface area contributed by atoms with Crippen molar-refractivity contribution < 1.29 is 0 Å². The molecule has 5 heteroatoms. The van der Waals surface area contributed by atoms with Crippen LogP contribution in [-0.2, 0) is 6.54 Å². The van der Waals surface area contributed by atoms with Gasteiger partial charge in [0.05, 0.1) is 12.0 Å². The van der Waals surface area contributed by atoms with E-state index in [1.807, 2.05) is 24.1 Å². The minimum Gasteiger partial charge on any atom is -0.354 e. The summed E-state index contributed by atoms with van der Waals surface area (Å²) < 4.78 is 2.04. The molecule has 128 valence electrons. The predicted octanol–water partition coefficient (Wildman–Crippen LogP) is 3.12. The molecule has 0 amide bonds. The average Bonchev–Trinajstić information content (AvgIpc) is 3.15. The van der Waals surface area contributed by atoms with Crippen LogP contribution in [-0.4, -0.2) is 28.6 Å². The molecule has 1 saturated carbocycles. The SMILES string of the molecule is CN=C(NCc1ccccc1-n1ccnc1)NC1CCC(C)CC1. The Morgan fingerprint density at radius 1 is 1.25 bits per heavy atom. The van der Waals surface area contributed by atoms with Crippen LogP contribution >= 0.6 is 0 Å². The molecule has 0 radical (unpaired) electrons. The van der Waals surface area contributed by atoms with Gasteiger partial charge in [0.15, 0.2) is 5.96 Å². The highest BCUT2D eigenvalue weighted by Crippen LogP contribution is 2.23. The molecule has 1 aromatic heterocycles. The summed E-state index contributed by atoms with van der Waals surface area (Å²) in [5, 5.41) is 7.02. The van der Waals surface area contributed by atoms with Gasteiger partial charge < -0.3 is 15.2 Å². The van der Waals surface area contributed by atoms with Crippen molar-refractivity contribution in [2.75, 3.05) is 7.05 Å². The zero-order valence-corrected chi connectivity index (χ0v) is 14.6. The van der Waals surface area contributed by atoms with Crippen LogP contribution in [0.15, 0.2) is 48.0 Å². The molecular formula is C19H27N5. The highest BCUT2D eigenvalue weighted by molar-refractivity contribution is 5.80. The molecule has 1 aliphatic rings. The Balaban J connectivity index is 1.60. The van der Waals surface area contributed by atoms with Crippen molar-refractivity contribution in [3.63, 3.8) is 0 Å². The molecular weight excluding hydrogens is 298 g/mol. The summed E-state index contributed by atoms with van der Waals surface area (Å²) in [6.07, 6.45) is 10.7. The molecule has 1 aliphatic carbocycles. The highest BCUT2D eigenvalue weighted by atomic mass is 15.2. The summed E-state index contributed by atoms with van der Waals surface area (Å²) in [6.45, 7) is 3.08. The van der Waals surface area contributed by atoms with E-state index in [9.17, 15) is 0 Å². The molecule has 2 aromatic rings. The minimum absolute atomic E-state index is 0.538. The Morgan fingerprint density at radius 3 is 2.75 bits per heavy atom. The molecule has 0 unspecified atom stereocenters. The fourth-order valence-corrected chi connectivity index (χ4v) is 3.29. The maximum absolute atomic E-state index is 4.38. The second kappa shape index (κ2) is 7.99. The van der Waals surface area contributed by atoms with Gasteiger partial charge in [0, 0.05) is 32.0 Å². The summed E-state index contributed by atoms with van der Waals surface area (Å²) in [7, 11) is 1.84. The standard InChI is InChI=1S/C19H27N5/c1-15-7-9-17(10-8-15)23-19(20-2)22-13-16-5-3-4-6-18(16)24-12-11-21-14-24/h3-6,11-12,14-15,17H,7-10,13H2,1-2H3,(H2,20,22,23). The molecule has 0 aliphatic heterocycles. The van der Waals surface area contributed by atoms with Crippen LogP contribution in [0.5, 0.6) is 0 Å². The molecule has 0 saturated heterocycles. The van der Waals surface area contributed by atoms with Crippen molar-refractivity contribution in [1.82, 2.24) is 20.2 Å². The average molecular weight is 325 g/mol. The first-order chi connectivity index (χ1) is 11.8. The Morgan fingerprint density at radius 2 is 2.04 bits per heavy atom. The van der Waals surface area contributed by atoms with E-state index < -0.39 is 0 Å². The zero-order valence-electron chi connectivity index (χ0n) is 14.6. The fraction of sp³-hybridized carbons (Fsp3) is 0.474. The lowest BCUT2D eigenvalue weighted by atomic mass is 9.87. The summed E-state index contributed by atoms with van der Waals surface area (Å²) in [6, 6.07) is 8.90. The molecule has 5 nitrogen and oxygen atoms in total. The van der Waals surface area contributed by atoms with Crippen molar-refractivity contribution in [2.24, 2.45) is 10.9 Å². The third-order valence-corrected chi connectivity index (χ3v) is 4.80. The second-order valence-corrected chi connectivity index (χ2v) is 6.63. The number of aromatic nitrogens is 2. The van der Waals surface area contributed by atoms with Crippen LogP contribution in [0.25, 0.3) is 5.69 Å². The zero-order chi connectivity index (χ0) is 16.8. The van der Waals surface area contributed by atoms with Crippen molar-refractivity contribution in [2.45, 2.75) is 45.2 Å². The maximum Gasteiger partial charge on any atom is 0.191 e. The largest absolute Gasteiger partial charge is 0.354 e. The summed E-state index contributed by atoms with van der Waals surface area (Å²) in [4.78, 5) is 8.52. The van der Waals surface area contributed by atoms with E-state index in [1.165, 1.54) is 31.2 Å². The smallest absolute Gasteiger partial charge is 0.191 e. The molecule has 2 N–H and O–H groups in total. The van der Waals surface area contributed by atoms with Crippen molar-refractivity contribution in [1.29, 1.82) is 0 Å². The number of benzene rings is 1. The quantitative estimate of drug-likeness (QED) is 0.671. The highest BCUT2D eigenvalue weighted by Gasteiger charge is 2.18. The number of hydrogen-bond acceptors (Lipinski definition) is 2. The van der Waals surface area contributed by atoms with E-state index in [0.717, 1.165) is 24.1 Å². The first-order valence-electron chi connectivity index (χ1n) is 8.79. The van der Waals surface area contributed by atoms with Crippen molar-refractivity contribution >= 4 is 5.96 Å². The van der Waals surface area contributed by atoms with E-state index in [0.29, 0.717) is 6.04 Å². The van der Waals surface area contributed by atoms with Gasteiger partial charge in [-0.1, -0.05) is 25.1 Å². The first kappa shape index (κ1) is 16.6. The van der Waals surface area contributed by atoms with Gasteiger partial charge in [-0.15, -0.1) is 0 Å². The third-order valence-electron chi connectivity index (χ3n) is 4.80. The molecule has 1 fully saturated rings. The molecule has 1 heterocycles. The number of nitrogens with zero attached hydrogens (tertiary/aromatic N) is 3. The third kappa shape index (κ3) is 4.16. The van der Waals surface area contributed by atoms with E-state index in [-0.39, 0.29) is 0 Å². The Kier molecular flexibility index (Phi) is 5.51. The van der Waals surface area contributed by atoms with Gasteiger partial charge >= 0.3 is 0 Å². The molecule has 24 heavy (non-hydrogen) atoms. The van der Waals surface area contributed by atoms with Gasteiger partial charge in [0.2, 0.25) is 0 Å². The van der Waals surface area contributed by atoms with Gasteiger partial charge in [0.1, 0.15) is 0 Å². The summed E-state index contributed by atoms with van der Waals surface area (Å²) in [5.74, 6) is 1.75. The lowest BCUT2D eigenvalue weighted by Crippen LogP contribution is -2.44. The maximum atomic E-state index is 4.38. The topological polar surface area (TPSA) is 54.2 Å². The molecule has 0 atom stereocenters. The second-order valence-electron chi connectivity index (χ2n) is 6.63. The number of imidazole rings is 1. The first-order valence-corrected chi connectivity index (χ1v) is 8.79. The predicted molar refractivity (Wildman–Crippen MR) is 98.3 cm³/mol. The lowest BCUT2D eigenvalue weighted by molar-refractivity contribution is 0.329. The van der Waals surface area contributed by atoms with Crippen LogP contribution in [0.4, 0.5) is 0 Å². The van der Waals surface area contributed by atoms with Crippen LogP contribution in [0.3, 0.4) is 0 Å². The van der Waals surface area contributed by atoms with Gasteiger partial charge in [-0.3, -0.25) is 4.99 Å². The normalized spacial score (nSPS) is 21.5. The van der Waals surface area contributed by atoms with Gasteiger partial charge in [-0.25, -0.2) is 4.98 Å². The van der Waals surface area contributed by atoms with E-state index in [2.05, 4.69) is 51.8 Å². The monoisotopic (exact) mass is 325 g/mol. The fourth-order valence-electron chi connectivity index (χ4n) is 3.29. The van der Waals surface area contributed by atoms with E-state index >= 15 is 0 Å². The van der Waals surface area contributed by atoms with Crippen molar-refractivity contribution in [3.05, 3.63) is 48.5 Å². The Labute approximate surface area is 144 Å². The number of para-hydroxylation sites is 1. The van der Waals surface area contributed by atoms with Crippen LogP contribution in [0.2, 0.25) is 0 Å². The minimum atomic E-state index is 0.538. The van der Waals surface area contributed by atoms with Gasteiger partial charge in [-0.05, 0) is 43.2 Å². The lowest BCUT2D eigenvalue weighted by Gasteiger charge is -2.28. The van der Waals surface area contributed by atoms with Crippen LogP contribution < -0.4 is 10.6 Å². The Hall–Kier alpha value is -2.30. The molecule has 1 aromatic carbocycles. The Bertz CT molecular complexity index is 654. The summed E-state index contributed by atoms with van der Waals surface area (Å²) >= 11 is 0. The van der Waals surface area contributed by atoms with Gasteiger partial charge in [-0.2, -0.15) is 0 Å². The summed E-state index contributed by atoms with van der Waals surface area (Å²) in [5.41, 5.74) is 2.36. The van der Waals surface area contributed by atoms with Crippen molar-refractivity contribution in [3.8, 4) is 5.69 Å². The van der Waals surface area contributed by atoms with Crippen LogP contribution in [0, 0.1) is 5.92 Å². The number of nitrogens with one attached hydrogen (secondary N) is 2. The van der Waals surface area contributed by atoms with E-state index in [1.54, 1.807) is 6.20 Å². The number of hydrogen-bond donors (Lipinski definition) is 2. The van der Waals surface area contributed by atoms with Crippen LogP contribution in [0.1, 0.15) is 38.2 Å². The number of aliphatic imine (C=N–C) groups is 1. The molecule has 0 spiro atoms. The van der Waals surface area contributed by atoms with Gasteiger partial charge in [0.25, 0.3) is 0 Å². The number of rotatable bonds is 4. The van der Waals surface area contributed by atoms with E-state index in [4.69, 9.17) is 0 Å². The number of guanidine groups is 1. The molecule has 0 bridgehead atoms.